The summed E-state index contributed by atoms with van der Waals surface area (Å²) in [4.78, 5) is 66.2. The maximum absolute atomic E-state index is 11.4. The second-order valence-corrected chi connectivity index (χ2v) is 4.16. The van der Waals surface area contributed by atoms with E-state index >= 15 is 0 Å². The van der Waals surface area contributed by atoms with Crippen molar-refractivity contribution in [2.45, 2.75) is 13.8 Å². The van der Waals surface area contributed by atoms with Crippen LogP contribution in [0.1, 0.15) is 13.8 Å². The molecule has 0 aromatic rings. The number of rotatable bonds is 6. The van der Waals surface area contributed by atoms with Gasteiger partial charge in [0.25, 0.3) is 0 Å². The number of carbonyl (C=O) groups excluding carboxylic acids is 4. The van der Waals surface area contributed by atoms with E-state index in [4.69, 9.17) is 10.2 Å². The first-order chi connectivity index (χ1) is 11.0. The molecule has 0 aliphatic heterocycles. The fourth-order valence-corrected chi connectivity index (χ4v) is 0.925. The monoisotopic (exact) mass is 340 g/mol. The average molecular weight is 340 g/mol. The first kappa shape index (κ1) is 20.4. The topological polar surface area (TPSA) is 161 Å². The van der Waals surface area contributed by atoms with Gasteiger partial charge in [0.2, 0.25) is 0 Å². The molecule has 128 valence electrons. The maximum Gasteiger partial charge on any atom is 0.352 e. The summed E-state index contributed by atoms with van der Waals surface area (Å²) < 4.78 is 8.23. The van der Waals surface area contributed by atoms with E-state index in [0.29, 0.717) is 12.2 Å². The molecule has 0 aromatic carbocycles. The minimum atomic E-state index is -1.56. The lowest BCUT2D eigenvalue weighted by atomic mass is 10.3. The Morgan fingerprint density at radius 2 is 1.04 bits per heavy atom. The molecular weight excluding hydrogens is 328 g/mol. The molecule has 0 atom stereocenters. The van der Waals surface area contributed by atoms with Gasteiger partial charge >= 0.3 is 35.8 Å². The van der Waals surface area contributed by atoms with Gasteiger partial charge in [-0.2, -0.15) is 0 Å². The standard InChI is InChI=1S/C14H12O10/c1-6(11(17)18)4-9(15)23-13(21)8(3)14(22)24-10(16)5-7(2)12(19)20/h4-5H,3H2,1-2H3,(H,17,18)(H,19,20)/b6-4-,7-5-. The Hall–Kier alpha value is -3.56. The quantitative estimate of drug-likeness (QED) is 0.285. The zero-order valence-electron chi connectivity index (χ0n) is 12.5. The highest BCUT2D eigenvalue weighted by atomic mass is 16.6. The zero-order chi connectivity index (χ0) is 19.0. The first-order valence-electron chi connectivity index (χ1n) is 6.00. The predicted octanol–water partition coefficient (Wildman–Crippen LogP) is -0.256. The number of carboxylic acid groups (broad SMARTS) is 2. The second kappa shape index (κ2) is 8.78. The van der Waals surface area contributed by atoms with Crippen LogP contribution in [0.3, 0.4) is 0 Å². The van der Waals surface area contributed by atoms with Gasteiger partial charge in [-0.3, -0.25) is 0 Å². The molecule has 2 N–H and O–H groups in total. The van der Waals surface area contributed by atoms with Crippen molar-refractivity contribution < 1.29 is 48.5 Å². The van der Waals surface area contributed by atoms with Crippen molar-refractivity contribution in [1.29, 1.82) is 0 Å². The van der Waals surface area contributed by atoms with Crippen molar-refractivity contribution in [2.24, 2.45) is 0 Å². The third kappa shape index (κ3) is 6.93. The molecule has 0 fully saturated rings. The summed E-state index contributed by atoms with van der Waals surface area (Å²) >= 11 is 0. The van der Waals surface area contributed by atoms with Crippen LogP contribution in [0.15, 0.2) is 35.5 Å². The van der Waals surface area contributed by atoms with E-state index in [-0.39, 0.29) is 0 Å². The van der Waals surface area contributed by atoms with Crippen LogP contribution in [0.5, 0.6) is 0 Å². The Bertz CT molecular complexity index is 634. The molecule has 0 aliphatic rings. The molecule has 10 nitrogen and oxygen atoms in total. The summed E-state index contributed by atoms with van der Waals surface area (Å²) in [5.74, 6) is -8.73. The number of carbonyl (C=O) groups is 6. The fourth-order valence-electron chi connectivity index (χ4n) is 0.925. The molecule has 0 heterocycles. The number of esters is 4. The van der Waals surface area contributed by atoms with Crippen molar-refractivity contribution in [3.8, 4) is 0 Å². The molecule has 0 spiro atoms. The number of carboxylic acids is 2. The van der Waals surface area contributed by atoms with Crippen LogP contribution in [0.4, 0.5) is 0 Å². The summed E-state index contributed by atoms with van der Waals surface area (Å²) in [6.07, 6.45) is 0.978. The van der Waals surface area contributed by atoms with Crippen LogP contribution in [-0.4, -0.2) is 46.0 Å². The lowest BCUT2D eigenvalue weighted by Gasteiger charge is -2.03. The molecule has 0 unspecified atom stereocenters. The lowest BCUT2D eigenvalue weighted by Crippen LogP contribution is -2.22. The first-order valence-corrected chi connectivity index (χ1v) is 6.00. The van der Waals surface area contributed by atoms with E-state index in [2.05, 4.69) is 16.1 Å². The number of hydrogen-bond acceptors (Lipinski definition) is 8. The van der Waals surface area contributed by atoms with Crippen molar-refractivity contribution in [1.82, 2.24) is 0 Å². The summed E-state index contributed by atoms with van der Waals surface area (Å²) in [5.41, 5.74) is -1.88. The van der Waals surface area contributed by atoms with Gasteiger partial charge in [-0.1, -0.05) is 6.58 Å². The minimum Gasteiger partial charge on any atom is -0.478 e. The van der Waals surface area contributed by atoms with Gasteiger partial charge < -0.3 is 19.7 Å². The zero-order valence-corrected chi connectivity index (χ0v) is 12.5. The van der Waals surface area contributed by atoms with Crippen LogP contribution in [0.2, 0.25) is 0 Å². The molecule has 24 heavy (non-hydrogen) atoms. The van der Waals surface area contributed by atoms with Gasteiger partial charge in [-0.25, -0.2) is 28.8 Å². The van der Waals surface area contributed by atoms with E-state index in [1.54, 1.807) is 0 Å². The van der Waals surface area contributed by atoms with Crippen molar-refractivity contribution in [3.63, 3.8) is 0 Å². The third-order valence-electron chi connectivity index (χ3n) is 2.22. The molecular formula is C14H12O10. The van der Waals surface area contributed by atoms with E-state index < -0.39 is 52.5 Å². The summed E-state index contributed by atoms with van der Waals surface area (Å²) in [5, 5.41) is 17.1. The smallest absolute Gasteiger partial charge is 0.352 e. The van der Waals surface area contributed by atoms with Crippen molar-refractivity contribution >= 4 is 35.8 Å². The minimum absolute atomic E-state index is 0.426. The molecule has 0 aliphatic carbocycles. The summed E-state index contributed by atoms with van der Waals surface area (Å²) in [6.45, 7) is 5.09. The third-order valence-corrected chi connectivity index (χ3v) is 2.22. The Morgan fingerprint density at radius 3 is 1.29 bits per heavy atom. The Kier molecular flexibility index (Phi) is 7.48. The molecule has 0 aromatic heterocycles. The van der Waals surface area contributed by atoms with Crippen molar-refractivity contribution in [3.05, 3.63) is 35.5 Å². The van der Waals surface area contributed by atoms with Crippen LogP contribution >= 0.6 is 0 Å². The van der Waals surface area contributed by atoms with Crippen LogP contribution in [0.25, 0.3) is 0 Å². The lowest BCUT2D eigenvalue weighted by molar-refractivity contribution is -0.158. The number of hydrogen-bond donors (Lipinski definition) is 2. The highest BCUT2D eigenvalue weighted by Gasteiger charge is 2.23. The maximum atomic E-state index is 11.4. The highest BCUT2D eigenvalue weighted by Crippen LogP contribution is 2.03. The molecule has 0 saturated carbocycles. The van der Waals surface area contributed by atoms with Gasteiger partial charge in [-0.15, -0.1) is 0 Å². The van der Waals surface area contributed by atoms with E-state index in [0.717, 1.165) is 13.8 Å². The second-order valence-electron chi connectivity index (χ2n) is 4.16. The van der Waals surface area contributed by atoms with Gasteiger partial charge in [0, 0.05) is 23.3 Å². The Labute approximate surface area is 134 Å². The molecule has 0 amide bonds. The van der Waals surface area contributed by atoms with Crippen LogP contribution in [-0.2, 0) is 38.2 Å². The van der Waals surface area contributed by atoms with Crippen LogP contribution in [0, 0.1) is 0 Å². The largest absolute Gasteiger partial charge is 0.478 e. The fraction of sp³-hybridized carbons (Fsp3) is 0.143. The average Bonchev–Trinajstić information content (AvgIpc) is 2.45. The highest BCUT2D eigenvalue weighted by molar-refractivity contribution is 6.18. The van der Waals surface area contributed by atoms with Gasteiger partial charge in [0.1, 0.15) is 5.57 Å². The van der Waals surface area contributed by atoms with Gasteiger partial charge in [0.05, 0.1) is 0 Å². The SMILES string of the molecule is C=C(C(=O)OC(=O)/C=C(/C)C(=O)O)C(=O)OC(=O)/C=C(/C)C(=O)O. The van der Waals surface area contributed by atoms with E-state index in [1.807, 2.05) is 0 Å². The molecule has 0 rings (SSSR count). The Balaban J connectivity index is 4.80. The Morgan fingerprint density at radius 1 is 0.750 bits per heavy atom. The molecule has 0 saturated heterocycles. The number of aliphatic carboxylic acids is 2. The normalized spacial score (nSPS) is 11.2. The molecule has 10 heteroatoms. The summed E-state index contributed by atoms with van der Waals surface area (Å²) in [7, 11) is 0. The van der Waals surface area contributed by atoms with Gasteiger partial charge in [-0.05, 0) is 13.8 Å². The van der Waals surface area contributed by atoms with E-state index in [9.17, 15) is 28.8 Å². The molecule has 0 radical (unpaired) electrons. The van der Waals surface area contributed by atoms with E-state index in [1.165, 1.54) is 0 Å². The molecule has 0 bridgehead atoms. The van der Waals surface area contributed by atoms with Crippen molar-refractivity contribution in [2.75, 3.05) is 0 Å². The predicted molar refractivity (Wildman–Crippen MR) is 74.1 cm³/mol. The van der Waals surface area contributed by atoms with Crippen LogP contribution < -0.4 is 0 Å². The summed E-state index contributed by atoms with van der Waals surface area (Å²) in [6, 6.07) is 0. The number of ether oxygens (including phenoxy) is 2. The van der Waals surface area contributed by atoms with Gasteiger partial charge in [0.15, 0.2) is 0 Å².